The first-order valence-corrected chi connectivity index (χ1v) is 11.4. The molecule has 32 heavy (non-hydrogen) atoms. The minimum absolute atomic E-state index is 0.122. The van der Waals surface area contributed by atoms with Crippen molar-refractivity contribution in [1.29, 1.82) is 0 Å². The number of aryl methyl sites for hydroxylation is 2. The molecule has 0 saturated heterocycles. The molecular weight excluding hydrogens is 448 g/mol. The molecule has 2 heterocycles. The van der Waals surface area contributed by atoms with E-state index in [9.17, 15) is 14.4 Å². The molecule has 1 aromatic heterocycles. The molecule has 0 saturated carbocycles. The van der Waals surface area contributed by atoms with Crippen molar-refractivity contribution in [1.82, 2.24) is 9.97 Å². The van der Waals surface area contributed by atoms with Gasteiger partial charge >= 0.3 is 0 Å². The van der Waals surface area contributed by atoms with Gasteiger partial charge in [0.1, 0.15) is 5.82 Å². The Bertz CT molecular complexity index is 1270. The summed E-state index contributed by atoms with van der Waals surface area (Å²) in [5.74, 6) is -1.05. The number of rotatable bonds is 5. The van der Waals surface area contributed by atoms with Gasteiger partial charge in [0, 0.05) is 22.9 Å². The molecule has 2 amide bonds. The fraction of sp³-hybridized carbons (Fsp3) is 0.217. The Hall–Kier alpha value is -3.10. The molecule has 7 nitrogen and oxygen atoms in total. The minimum atomic E-state index is -0.927. The summed E-state index contributed by atoms with van der Waals surface area (Å²) in [4.78, 5) is 45.2. The van der Waals surface area contributed by atoms with Crippen molar-refractivity contribution >= 4 is 46.7 Å². The molecule has 1 aliphatic heterocycles. The molecule has 0 bridgehead atoms. The second-order valence-corrected chi connectivity index (χ2v) is 9.05. The smallest absolute Gasteiger partial charge is 0.257 e. The lowest BCUT2D eigenvalue weighted by Crippen LogP contribution is -2.36. The van der Waals surface area contributed by atoms with Crippen molar-refractivity contribution in [3.05, 3.63) is 80.1 Å². The van der Waals surface area contributed by atoms with Gasteiger partial charge in [-0.1, -0.05) is 41.6 Å². The number of amides is 2. The van der Waals surface area contributed by atoms with Crippen LogP contribution in [0.1, 0.15) is 34.6 Å². The summed E-state index contributed by atoms with van der Waals surface area (Å²) in [6.07, 6.45) is -0.122. The van der Waals surface area contributed by atoms with Crippen LogP contribution in [0.3, 0.4) is 0 Å². The maximum Gasteiger partial charge on any atom is 0.257 e. The summed E-state index contributed by atoms with van der Waals surface area (Å²) >= 11 is 7.32. The minimum Gasteiger partial charge on any atom is -0.326 e. The van der Waals surface area contributed by atoms with E-state index in [1.807, 2.05) is 44.2 Å². The Morgan fingerprint density at radius 2 is 2.00 bits per heavy atom. The molecule has 3 aromatic rings. The Kier molecular flexibility index (Phi) is 6.34. The fourth-order valence-corrected chi connectivity index (χ4v) is 4.49. The second-order valence-electron chi connectivity index (χ2n) is 7.65. The number of aromatic amines is 1. The van der Waals surface area contributed by atoms with Gasteiger partial charge in [0.05, 0.1) is 11.5 Å². The van der Waals surface area contributed by atoms with E-state index in [4.69, 9.17) is 11.6 Å². The van der Waals surface area contributed by atoms with Crippen molar-refractivity contribution in [2.24, 2.45) is 0 Å². The number of thioether (sulfide) groups is 1. The quantitative estimate of drug-likeness (QED) is 0.380. The van der Waals surface area contributed by atoms with E-state index in [2.05, 4.69) is 20.6 Å². The monoisotopic (exact) mass is 468 g/mol. The number of hydrogen-bond acceptors (Lipinski definition) is 5. The Balaban J connectivity index is 1.57. The number of carbonyl (C=O) groups excluding carboxylic acids is 2. The molecule has 4 rings (SSSR count). The van der Waals surface area contributed by atoms with Crippen molar-refractivity contribution in [2.45, 2.75) is 37.1 Å². The van der Waals surface area contributed by atoms with E-state index in [0.29, 0.717) is 21.6 Å². The molecule has 164 valence electrons. The lowest BCUT2D eigenvalue weighted by Gasteiger charge is -2.23. The largest absolute Gasteiger partial charge is 0.326 e. The molecular formula is C23H21ClN4O3S. The van der Waals surface area contributed by atoms with Crippen LogP contribution in [-0.4, -0.2) is 21.8 Å². The van der Waals surface area contributed by atoms with E-state index in [1.165, 1.54) is 11.8 Å². The lowest BCUT2D eigenvalue weighted by atomic mass is 9.92. The number of benzene rings is 2. The number of halogens is 1. The number of anilines is 2. The van der Waals surface area contributed by atoms with Crippen LogP contribution in [0.5, 0.6) is 0 Å². The molecule has 2 aromatic carbocycles. The highest BCUT2D eigenvalue weighted by Crippen LogP contribution is 2.31. The molecule has 1 aliphatic rings. The topological polar surface area (TPSA) is 104 Å². The highest BCUT2D eigenvalue weighted by Gasteiger charge is 2.34. The Morgan fingerprint density at radius 3 is 2.75 bits per heavy atom. The number of hydrogen-bond donors (Lipinski definition) is 3. The first-order chi connectivity index (χ1) is 15.3. The highest BCUT2D eigenvalue weighted by molar-refractivity contribution is 7.98. The van der Waals surface area contributed by atoms with Crippen LogP contribution in [0.25, 0.3) is 0 Å². The molecule has 9 heteroatoms. The van der Waals surface area contributed by atoms with Gasteiger partial charge in [-0.2, -0.15) is 0 Å². The molecule has 3 N–H and O–H groups in total. The third-order valence-corrected chi connectivity index (χ3v) is 6.46. The molecule has 0 radical (unpaired) electrons. The van der Waals surface area contributed by atoms with Crippen LogP contribution in [0.2, 0.25) is 5.02 Å². The van der Waals surface area contributed by atoms with Crippen LogP contribution in [-0.2, 0) is 15.3 Å². The van der Waals surface area contributed by atoms with Crippen molar-refractivity contribution in [3.8, 4) is 0 Å². The van der Waals surface area contributed by atoms with Crippen LogP contribution < -0.4 is 16.2 Å². The molecule has 1 atom stereocenters. The Morgan fingerprint density at radius 1 is 1.19 bits per heavy atom. The van der Waals surface area contributed by atoms with Gasteiger partial charge in [0.2, 0.25) is 11.8 Å². The number of nitrogens with zero attached hydrogens (tertiary/aromatic N) is 1. The summed E-state index contributed by atoms with van der Waals surface area (Å²) < 4.78 is 0. The standard InChI is InChI=1S/C23H21ClN4O3S/c1-12-6-7-16(8-13(12)2)25-21(30)17-10-18(29)26-20-19(17)22(31)28-23(27-20)32-11-14-4-3-5-15(24)9-14/h3-9,17H,10-11H2,1-2H3,(H,25,30)(H2,26,27,28,29,31)/t17-/m1/s1. The normalized spacial score (nSPS) is 15.1. The predicted octanol–water partition coefficient (Wildman–Crippen LogP) is 4.40. The summed E-state index contributed by atoms with van der Waals surface area (Å²) in [7, 11) is 0. The number of nitrogens with one attached hydrogen (secondary N) is 3. The molecule has 0 aliphatic carbocycles. The third-order valence-electron chi connectivity index (χ3n) is 5.28. The Labute approximate surface area is 194 Å². The van der Waals surface area contributed by atoms with Crippen LogP contribution in [0.15, 0.2) is 52.4 Å². The van der Waals surface area contributed by atoms with E-state index in [1.54, 1.807) is 12.1 Å². The lowest BCUT2D eigenvalue weighted by molar-refractivity contribution is -0.123. The first-order valence-electron chi connectivity index (χ1n) is 9.99. The van der Waals surface area contributed by atoms with E-state index >= 15 is 0 Å². The third kappa shape index (κ3) is 4.87. The van der Waals surface area contributed by atoms with Gasteiger partial charge in [-0.25, -0.2) is 4.98 Å². The zero-order valence-electron chi connectivity index (χ0n) is 17.5. The van der Waals surface area contributed by atoms with Gasteiger partial charge in [-0.3, -0.25) is 14.4 Å². The summed E-state index contributed by atoms with van der Waals surface area (Å²) in [5.41, 5.74) is 3.45. The SMILES string of the molecule is Cc1ccc(NC(=O)[C@@H]2CC(=O)Nc3nc(SCc4cccc(Cl)c4)[nH]c(=O)c32)cc1C. The maximum atomic E-state index is 13.0. The van der Waals surface area contributed by atoms with Crippen molar-refractivity contribution in [2.75, 3.05) is 10.6 Å². The zero-order valence-corrected chi connectivity index (χ0v) is 19.1. The fourth-order valence-electron chi connectivity index (χ4n) is 3.47. The van der Waals surface area contributed by atoms with Gasteiger partial charge in [0.15, 0.2) is 5.16 Å². The maximum absolute atomic E-state index is 13.0. The van der Waals surface area contributed by atoms with Gasteiger partial charge < -0.3 is 15.6 Å². The second kappa shape index (κ2) is 9.18. The number of aromatic nitrogens is 2. The summed E-state index contributed by atoms with van der Waals surface area (Å²) in [6.45, 7) is 3.93. The summed E-state index contributed by atoms with van der Waals surface area (Å²) in [6, 6.07) is 12.9. The van der Waals surface area contributed by atoms with Gasteiger partial charge in [0.25, 0.3) is 5.56 Å². The zero-order chi connectivity index (χ0) is 22.8. The number of fused-ring (bicyclic) bond motifs is 1. The van der Waals surface area contributed by atoms with Gasteiger partial charge in [-0.05, 0) is 54.8 Å². The van der Waals surface area contributed by atoms with Crippen molar-refractivity contribution in [3.63, 3.8) is 0 Å². The van der Waals surface area contributed by atoms with E-state index < -0.39 is 17.4 Å². The van der Waals surface area contributed by atoms with Crippen molar-refractivity contribution < 1.29 is 9.59 Å². The predicted molar refractivity (Wildman–Crippen MR) is 126 cm³/mol. The molecule has 0 unspecified atom stereocenters. The molecule has 0 fully saturated rings. The number of H-pyrrole nitrogens is 1. The van der Waals surface area contributed by atoms with Gasteiger partial charge in [-0.15, -0.1) is 0 Å². The number of carbonyl (C=O) groups is 2. The van der Waals surface area contributed by atoms with Crippen LogP contribution in [0.4, 0.5) is 11.5 Å². The van der Waals surface area contributed by atoms with Crippen LogP contribution >= 0.6 is 23.4 Å². The van der Waals surface area contributed by atoms with E-state index in [-0.39, 0.29) is 23.7 Å². The highest BCUT2D eigenvalue weighted by atomic mass is 35.5. The van der Waals surface area contributed by atoms with Crippen LogP contribution in [0, 0.1) is 13.8 Å². The van der Waals surface area contributed by atoms with E-state index in [0.717, 1.165) is 16.7 Å². The first kappa shape index (κ1) is 22.1. The average Bonchev–Trinajstić information content (AvgIpc) is 2.74. The average molecular weight is 469 g/mol. The molecule has 0 spiro atoms. The summed E-state index contributed by atoms with van der Waals surface area (Å²) in [5, 5.41) is 6.42.